The van der Waals surface area contributed by atoms with E-state index < -0.39 is 0 Å². The lowest BCUT2D eigenvalue weighted by molar-refractivity contribution is 0.375. The molecule has 3 aromatic carbocycles. The van der Waals surface area contributed by atoms with Gasteiger partial charge >= 0.3 is 0 Å². The van der Waals surface area contributed by atoms with Gasteiger partial charge in [0, 0.05) is 5.92 Å². The smallest absolute Gasteiger partial charge is 0.119 e. The van der Waals surface area contributed by atoms with Crippen molar-refractivity contribution < 1.29 is 4.74 Å². The van der Waals surface area contributed by atoms with Gasteiger partial charge in [-0.3, -0.25) is 0 Å². The van der Waals surface area contributed by atoms with Crippen molar-refractivity contribution in [1.29, 1.82) is 0 Å². The third-order valence-corrected chi connectivity index (χ3v) is 6.72. The molecule has 1 saturated carbocycles. The van der Waals surface area contributed by atoms with Crippen LogP contribution in [0.2, 0.25) is 0 Å². The summed E-state index contributed by atoms with van der Waals surface area (Å²) < 4.78 is 5.35. The molecule has 0 spiro atoms. The van der Waals surface area contributed by atoms with Crippen molar-refractivity contribution in [2.24, 2.45) is 5.92 Å². The van der Waals surface area contributed by atoms with Crippen LogP contribution in [-0.4, -0.2) is 7.11 Å². The zero-order valence-electron chi connectivity index (χ0n) is 17.9. The van der Waals surface area contributed by atoms with Crippen molar-refractivity contribution in [2.45, 2.75) is 51.4 Å². The van der Waals surface area contributed by atoms with Crippen LogP contribution in [0.25, 0.3) is 10.8 Å². The molecule has 150 valence electrons. The highest BCUT2D eigenvalue weighted by Crippen LogP contribution is 2.37. The average Bonchev–Trinajstić information content (AvgIpc) is 2.79. The number of rotatable bonds is 5. The molecule has 1 nitrogen and oxygen atoms in total. The Balaban J connectivity index is 1.48. The van der Waals surface area contributed by atoms with E-state index in [-0.39, 0.29) is 0 Å². The van der Waals surface area contributed by atoms with Crippen molar-refractivity contribution in [3.63, 3.8) is 0 Å². The average molecular weight is 385 g/mol. The first-order valence-electron chi connectivity index (χ1n) is 11.0. The number of methoxy groups -OCH3 is 1. The SMILES string of the molecule is C/C=C/C1CCC(c2ccc(C(C)c3ccc4cc(OC)ccc4c3)cc2)CC1. The maximum Gasteiger partial charge on any atom is 0.119 e. The van der Waals surface area contributed by atoms with Gasteiger partial charge in [-0.25, -0.2) is 0 Å². The third-order valence-electron chi connectivity index (χ3n) is 6.72. The Morgan fingerprint density at radius 1 is 0.828 bits per heavy atom. The second kappa shape index (κ2) is 8.86. The third kappa shape index (κ3) is 4.40. The van der Waals surface area contributed by atoms with Crippen LogP contribution in [0.1, 0.15) is 68.1 Å². The first kappa shape index (κ1) is 19.8. The molecule has 1 aliphatic rings. The molecule has 4 rings (SSSR count). The molecule has 0 radical (unpaired) electrons. The van der Waals surface area contributed by atoms with E-state index in [9.17, 15) is 0 Å². The maximum atomic E-state index is 5.35. The molecule has 1 fully saturated rings. The van der Waals surface area contributed by atoms with E-state index in [2.05, 4.69) is 80.6 Å². The molecule has 1 heteroatoms. The normalized spacial score (nSPS) is 20.8. The zero-order valence-corrected chi connectivity index (χ0v) is 17.9. The summed E-state index contributed by atoms with van der Waals surface area (Å²) >= 11 is 0. The summed E-state index contributed by atoms with van der Waals surface area (Å²) in [6.07, 6.45) is 9.89. The van der Waals surface area contributed by atoms with Crippen molar-refractivity contribution in [3.05, 3.63) is 89.5 Å². The molecular weight excluding hydrogens is 352 g/mol. The van der Waals surface area contributed by atoms with E-state index in [4.69, 9.17) is 4.74 Å². The van der Waals surface area contributed by atoms with Crippen LogP contribution >= 0.6 is 0 Å². The predicted octanol–water partition coefficient (Wildman–Crippen LogP) is 7.85. The lowest BCUT2D eigenvalue weighted by Gasteiger charge is -2.27. The van der Waals surface area contributed by atoms with Crippen LogP contribution in [-0.2, 0) is 0 Å². The minimum absolute atomic E-state index is 0.390. The molecule has 1 unspecified atom stereocenters. The first-order valence-corrected chi connectivity index (χ1v) is 11.0. The van der Waals surface area contributed by atoms with E-state index >= 15 is 0 Å². The summed E-state index contributed by atoms with van der Waals surface area (Å²) in [5.41, 5.74) is 4.27. The van der Waals surface area contributed by atoms with Crippen molar-refractivity contribution in [2.75, 3.05) is 7.11 Å². The van der Waals surface area contributed by atoms with Gasteiger partial charge in [-0.05, 0) is 84.0 Å². The first-order chi connectivity index (χ1) is 14.2. The number of fused-ring (bicyclic) bond motifs is 1. The van der Waals surface area contributed by atoms with Crippen molar-refractivity contribution >= 4 is 10.8 Å². The topological polar surface area (TPSA) is 9.23 Å². The van der Waals surface area contributed by atoms with Gasteiger partial charge in [0.15, 0.2) is 0 Å². The molecule has 0 heterocycles. The molecule has 3 aromatic rings. The Hall–Kier alpha value is -2.54. The molecule has 29 heavy (non-hydrogen) atoms. The molecule has 0 amide bonds. The van der Waals surface area contributed by atoms with Gasteiger partial charge in [-0.1, -0.05) is 67.6 Å². The number of hydrogen-bond donors (Lipinski definition) is 0. The highest BCUT2D eigenvalue weighted by Gasteiger charge is 2.21. The van der Waals surface area contributed by atoms with E-state index in [1.807, 2.05) is 6.07 Å². The van der Waals surface area contributed by atoms with E-state index in [1.54, 1.807) is 7.11 Å². The summed E-state index contributed by atoms with van der Waals surface area (Å²) in [6, 6.07) is 22.5. The van der Waals surface area contributed by atoms with Crippen LogP contribution in [0.4, 0.5) is 0 Å². The van der Waals surface area contributed by atoms with Crippen LogP contribution < -0.4 is 4.74 Å². The molecule has 0 N–H and O–H groups in total. The number of allylic oxidation sites excluding steroid dienone is 2. The molecule has 0 aliphatic heterocycles. The van der Waals surface area contributed by atoms with Gasteiger partial charge < -0.3 is 4.74 Å². The van der Waals surface area contributed by atoms with Crippen molar-refractivity contribution in [3.8, 4) is 5.75 Å². The van der Waals surface area contributed by atoms with Gasteiger partial charge in [0.25, 0.3) is 0 Å². The lowest BCUT2D eigenvalue weighted by atomic mass is 9.78. The molecule has 0 saturated heterocycles. The van der Waals surface area contributed by atoms with Gasteiger partial charge in [0.1, 0.15) is 5.75 Å². The highest BCUT2D eigenvalue weighted by molar-refractivity contribution is 5.84. The Labute approximate surface area is 175 Å². The van der Waals surface area contributed by atoms with Gasteiger partial charge in [0.05, 0.1) is 7.11 Å². The molecule has 1 atom stereocenters. The second-order valence-electron chi connectivity index (χ2n) is 8.50. The van der Waals surface area contributed by atoms with Gasteiger partial charge in [0.2, 0.25) is 0 Å². The standard InChI is InChI=1S/C28H32O/c1-4-5-21-6-8-23(9-7-21)24-12-10-22(11-13-24)20(2)25-14-15-27-19-28(29-3)17-16-26(27)18-25/h4-5,10-21,23H,6-9H2,1-3H3/b5-4+. The molecular formula is C28H32O. The maximum absolute atomic E-state index is 5.35. The minimum atomic E-state index is 0.390. The van der Waals surface area contributed by atoms with Gasteiger partial charge in [-0.2, -0.15) is 0 Å². The Morgan fingerprint density at radius 2 is 1.48 bits per heavy atom. The fraction of sp³-hybridized carbons (Fsp3) is 0.357. The lowest BCUT2D eigenvalue weighted by Crippen LogP contribution is -2.11. The largest absolute Gasteiger partial charge is 0.497 e. The summed E-state index contributed by atoms with van der Waals surface area (Å²) in [5.74, 6) is 2.83. The van der Waals surface area contributed by atoms with E-state index in [0.29, 0.717) is 5.92 Å². The van der Waals surface area contributed by atoms with Gasteiger partial charge in [-0.15, -0.1) is 0 Å². The summed E-state index contributed by atoms with van der Waals surface area (Å²) in [7, 11) is 1.72. The zero-order chi connectivity index (χ0) is 20.2. The van der Waals surface area contributed by atoms with E-state index in [0.717, 1.165) is 17.6 Å². The van der Waals surface area contributed by atoms with Crippen LogP contribution in [0, 0.1) is 5.92 Å². The van der Waals surface area contributed by atoms with E-state index in [1.165, 1.54) is 53.1 Å². The monoisotopic (exact) mass is 384 g/mol. The van der Waals surface area contributed by atoms with Crippen LogP contribution in [0.3, 0.4) is 0 Å². The molecule has 1 aliphatic carbocycles. The number of ether oxygens (including phenoxy) is 1. The quantitative estimate of drug-likeness (QED) is 0.407. The van der Waals surface area contributed by atoms with Crippen LogP contribution in [0.5, 0.6) is 5.75 Å². The summed E-state index contributed by atoms with van der Waals surface area (Å²) in [4.78, 5) is 0. The Kier molecular flexibility index (Phi) is 6.04. The molecule has 0 aromatic heterocycles. The van der Waals surface area contributed by atoms with Crippen LogP contribution in [0.15, 0.2) is 72.8 Å². The summed E-state index contributed by atoms with van der Waals surface area (Å²) in [6.45, 7) is 4.44. The minimum Gasteiger partial charge on any atom is -0.497 e. The summed E-state index contributed by atoms with van der Waals surface area (Å²) in [5, 5.41) is 2.49. The molecule has 0 bridgehead atoms. The Bertz CT molecular complexity index is 975. The Morgan fingerprint density at radius 3 is 2.17 bits per heavy atom. The number of hydrogen-bond acceptors (Lipinski definition) is 1. The second-order valence-corrected chi connectivity index (χ2v) is 8.50. The number of benzene rings is 3. The predicted molar refractivity (Wildman–Crippen MR) is 124 cm³/mol. The fourth-order valence-electron chi connectivity index (χ4n) is 4.81. The fourth-order valence-corrected chi connectivity index (χ4v) is 4.81. The highest BCUT2D eigenvalue weighted by atomic mass is 16.5. The van der Waals surface area contributed by atoms with Crippen molar-refractivity contribution in [1.82, 2.24) is 0 Å².